The summed E-state index contributed by atoms with van der Waals surface area (Å²) in [6.07, 6.45) is 1.51. The van der Waals surface area contributed by atoms with Crippen molar-refractivity contribution in [3.63, 3.8) is 0 Å². The molecule has 2 N–H and O–H groups in total. The van der Waals surface area contributed by atoms with Crippen LogP contribution in [0.1, 0.15) is 5.56 Å². The number of phenols is 1. The maximum atomic E-state index is 12.9. The molecule has 1 aromatic heterocycles. The second kappa shape index (κ2) is 6.89. The molecule has 0 saturated heterocycles. The number of benzene rings is 2. The van der Waals surface area contributed by atoms with Gasteiger partial charge in [0.15, 0.2) is 0 Å². The minimum absolute atomic E-state index is 0.143. The van der Waals surface area contributed by atoms with E-state index in [4.69, 9.17) is 0 Å². The fourth-order valence-electron chi connectivity index (χ4n) is 1.86. The number of aromatic nitrogens is 1. The number of halogens is 2. The van der Waals surface area contributed by atoms with E-state index in [2.05, 4.69) is 31.4 Å². The van der Waals surface area contributed by atoms with E-state index in [1.165, 1.54) is 29.7 Å². The lowest BCUT2D eigenvalue weighted by molar-refractivity contribution is 0.474. The van der Waals surface area contributed by atoms with Gasteiger partial charge in [-0.25, -0.2) is 9.37 Å². The molecule has 0 radical (unpaired) electrons. The summed E-state index contributed by atoms with van der Waals surface area (Å²) < 4.78 is 13.8. The summed E-state index contributed by atoms with van der Waals surface area (Å²) in [7, 11) is 0. The molecule has 0 aliphatic heterocycles. The van der Waals surface area contributed by atoms with Crippen LogP contribution in [0.15, 0.2) is 57.4 Å². The lowest BCUT2D eigenvalue weighted by atomic mass is 10.2. The van der Waals surface area contributed by atoms with Gasteiger partial charge in [-0.3, -0.25) is 5.43 Å². The molecule has 7 heteroatoms. The second-order valence-corrected chi connectivity index (χ2v) is 6.39. The second-order valence-electron chi connectivity index (χ2n) is 4.62. The highest BCUT2D eigenvalue weighted by molar-refractivity contribution is 9.10. The van der Waals surface area contributed by atoms with Crippen molar-refractivity contribution >= 4 is 38.6 Å². The molecule has 0 bridgehead atoms. The van der Waals surface area contributed by atoms with Gasteiger partial charge >= 0.3 is 0 Å². The van der Waals surface area contributed by atoms with Crippen molar-refractivity contribution in [1.29, 1.82) is 0 Å². The van der Waals surface area contributed by atoms with Crippen molar-refractivity contribution in [2.24, 2.45) is 5.10 Å². The lowest BCUT2D eigenvalue weighted by Gasteiger charge is -1.99. The van der Waals surface area contributed by atoms with Crippen LogP contribution in [0.2, 0.25) is 0 Å². The van der Waals surface area contributed by atoms with Crippen LogP contribution in [0.25, 0.3) is 11.3 Å². The number of hydrogen-bond acceptors (Lipinski definition) is 5. The van der Waals surface area contributed by atoms with Gasteiger partial charge in [-0.2, -0.15) is 5.10 Å². The molecule has 23 heavy (non-hydrogen) atoms. The minimum Gasteiger partial charge on any atom is -0.507 e. The molecule has 0 saturated carbocycles. The highest BCUT2D eigenvalue weighted by Gasteiger charge is 2.04. The molecule has 1 heterocycles. The number of anilines is 1. The molecule has 3 rings (SSSR count). The van der Waals surface area contributed by atoms with Gasteiger partial charge in [0.25, 0.3) is 0 Å². The van der Waals surface area contributed by atoms with Crippen LogP contribution >= 0.6 is 27.3 Å². The molecule has 0 aliphatic rings. The van der Waals surface area contributed by atoms with Gasteiger partial charge in [-0.15, -0.1) is 11.3 Å². The number of nitrogens with zero attached hydrogens (tertiary/aromatic N) is 2. The van der Waals surface area contributed by atoms with Crippen molar-refractivity contribution in [1.82, 2.24) is 4.98 Å². The number of phenolic OH excluding ortho intramolecular Hbond substituents is 1. The first-order valence-electron chi connectivity index (χ1n) is 6.61. The Balaban J connectivity index is 1.71. The first-order valence-corrected chi connectivity index (χ1v) is 8.28. The third kappa shape index (κ3) is 3.94. The van der Waals surface area contributed by atoms with Crippen LogP contribution in [-0.2, 0) is 0 Å². The lowest BCUT2D eigenvalue weighted by Crippen LogP contribution is -1.91. The predicted molar refractivity (Wildman–Crippen MR) is 94.5 cm³/mol. The number of rotatable bonds is 4. The average molecular weight is 392 g/mol. The summed E-state index contributed by atoms with van der Waals surface area (Å²) in [5, 5.41) is 16.3. The van der Waals surface area contributed by atoms with Crippen LogP contribution in [0.4, 0.5) is 9.52 Å². The van der Waals surface area contributed by atoms with Crippen LogP contribution < -0.4 is 5.43 Å². The Morgan fingerprint density at radius 2 is 2.00 bits per heavy atom. The Morgan fingerprint density at radius 1 is 1.22 bits per heavy atom. The molecule has 3 aromatic rings. The molecular formula is C16H11BrFN3OS. The molecule has 116 valence electrons. The summed E-state index contributed by atoms with van der Waals surface area (Å²) in [6, 6.07) is 11.2. The standard InChI is InChI=1S/C16H11BrFN3OS/c17-12-3-6-15(22)11(7-12)8-19-21-16-20-14(9-23-16)10-1-4-13(18)5-2-10/h1-9,22H,(H,20,21). The summed E-state index contributed by atoms with van der Waals surface area (Å²) >= 11 is 4.73. The number of nitrogens with one attached hydrogen (secondary N) is 1. The van der Waals surface area contributed by atoms with Gasteiger partial charge in [0.2, 0.25) is 5.13 Å². The molecule has 0 atom stereocenters. The van der Waals surface area contributed by atoms with E-state index in [9.17, 15) is 9.50 Å². The van der Waals surface area contributed by atoms with E-state index in [0.717, 1.165) is 15.7 Å². The Bertz CT molecular complexity index is 849. The van der Waals surface area contributed by atoms with E-state index < -0.39 is 0 Å². The Morgan fingerprint density at radius 3 is 2.78 bits per heavy atom. The zero-order valence-corrected chi connectivity index (χ0v) is 14.1. The molecule has 0 unspecified atom stereocenters. The van der Waals surface area contributed by atoms with Crippen LogP contribution in [0.3, 0.4) is 0 Å². The topological polar surface area (TPSA) is 57.5 Å². The Hall–Kier alpha value is -2.25. The number of hydrogen-bond donors (Lipinski definition) is 2. The zero-order chi connectivity index (χ0) is 16.2. The van der Waals surface area contributed by atoms with Crippen LogP contribution in [-0.4, -0.2) is 16.3 Å². The number of aromatic hydroxyl groups is 1. The predicted octanol–water partition coefficient (Wildman–Crippen LogP) is 4.86. The molecule has 0 amide bonds. The summed E-state index contributed by atoms with van der Waals surface area (Å²) in [5.74, 6) is -0.134. The van der Waals surface area contributed by atoms with Crippen molar-refractivity contribution in [2.45, 2.75) is 0 Å². The largest absolute Gasteiger partial charge is 0.507 e. The van der Waals surface area contributed by atoms with Gasteiger partial charge in [-0.05, 0) is 42.5 Å². The SMILES string of the molecule is Oc1ccc(Br)cc1C=NNc1nc(-c2ccc(F)cc2)cs1. The smallest absolute Gasteiger partial charge is 0.203 e. The molecule has 0 fully saturated rings. The highest BCUT2D eigenvalue weighted by Crippen LogP contribution is 2.25. The monoisotopic (exact) mass is 391 g/mol. The summed E-state index contributed by atoms with van der Waals surface area (Å²) in [6.45, 7) is 0. The zero-order valence-electron chi connectivity index (χ0n) is 11.7. The minimum atomic E-state index is -0.277. The first-order chi connectivity index (χ1) is 11.1. The third-order valence-electron chi connectivity index (χ3n) is 3.00. The van der Waals surface area contributed by atoms with Gasteiger partial charge in [0.05, 0.1) is 11.9 Å². The van der Waals surface area contributed by atoms with E-state index in [-0.39, 0.29) is 11.6 Å². The number of thiazole rings is 1. The van der Waals surface area contributed by atoms with Crippen LogP contribution in [0, 0.1) is 5.82 Å². The maximum absolute atomic E-state index is 12.9. The summed E-state index contributed by atoms with van der Waals surface area (Å²) in [5.41, 5.74) is 4.99. The Labute approximate surface area is 144 Å². The number of hydrazone groups is 1. The first kappa shape index (κ1) is 15.6. The van der Waals surface area contributed by atoms with Crippen molar-refractivity contribution in [3.8, 4) is 17.0 Å². The van der Waals surface area contributed by atoms with Gasteiger partial charge in [0, 0.05) is 21.0 Å². The van der Waals surface area contributed by atoms with Gasteiger partial charge in [0.1, 0.15) is 11.6 Å². The highest BCUT2D eigenvalue weighted by atomic mass is 79.9. The fourth-order valence-corrected chi connectivity index (χ4v) is 2.91. The quantitative estimate of drug-likeness (QED) is 0.492. The van der Waals surface area contributed by atoms with Gasteiger partial charge in [-0.1, -0.05) is 15.9 Å². The molecule has 2 aromatic carbocycles. The van der Waals surface area contributed by atoms with E-state index in [1.54, 1.807) is 30.3 Å². The fraction of sp³-hybridized carbons (Fsp3) is 0. The molecule has 0 aliphatic carbocycles. The van der Waals surface area contributed by atoms with E-state index >= 15 is 0 Å². The molecule has 0 spiro atoms. The van der Waals surface area contributed by atoms with Crippen molar-refractivity contribution in [2.75, 3.05) is 5.43 Å². The molecule has 4 nitrogen and oxygen atoms in total. The maximum Gasteiger partial charge on any atom is 0.203 e. The third-order valence-corrected chi connectivity index (χ3v) is 4.24. The van der Waals surface area contributed by atoms with E-state index in [1.807, 2.05) is 5.38 Å². The van der Waals surface area contributed by atoms with Crippen LogP contribution in [0.5, 0.6) is 5.75 Å². The Kier molecular flexibility index (Phi) is 4.68. The average Bonchev–Trinajstić information content (AvgIpc) is 3.00. The van der Waals surface area contributed by atoms with E-state index in [0.29, 0.717) is 10.7 Å². The van der Waals surface area contributed by atoms with Crippen molar-refractivity contribution in [3.05, 3.63) is 63.7 Å². The summed E-state index contributed by atoms with van der Waals surface area (Å²) in [4.78, 5) is 4.38. The normalized spacial score (nSPS) is 11.0. The molecular weight excluding hydrogens is 381 g/mol. The van der Waals surface area contributed by atoms with Gasteiger partial charge < -0.3 is 5.11 Å². The van der Waals surface area contributed by atoms with Crippen molar-refractivity contribution < 1.29 is 9.50 Å².